The van der Waals surface area contributed by atoms with Crippen LogP contribution in [0, 0.1) is 0 Å². The summed E-state index contributed by atoms with van der Waals surface area (Å²) in [5.41, 5.74) is 0. The lowest BCUT2D eigenvalue weighted by molar-refractivity contribution is -0.121. The van der Waals surface area contributed by atoms with Gasteiger partial charge in [0, 0.05) is 12.1 Å². The van der Waals surface area contributed by atoms with Gasteiger partial charge in [-0.3, -0.25) is 15.0 Å². The van der Waals surface area contributed by atoms with E-state index in [1.54, 1.807) is 0 Å². The molecule has 0 bridgehead atoms. The first kappa shape index (κ1) is 16.0. The Balaban J connectivity index is 2.32. The van der Waals surface area contributed by atoms with Gasteiger partial charge in [-0.1, -0.05) is 25.7 Å². The van der Waals surface area contributed by atoms with Crippen molar-refractivity contribution in [2.24, 2.45) is 0 Å². The van der Waals surface area contributed by atoms with Gasteiger partial charge in [0.2, 0.25) is 5.91 Å². The fourth-order valence-electron chi connectivity index (χ4n) is 2.52. The van der Waals surface area contributed by atoms with Gasteiger partial charge >= 0.3 is 6.03 Å². The van der Waals surface area contributed by atoms with Crippen molar-refractivity contribution in [1.82, 2.24) is 15.5 Å². The van der Waals surface area contributed by atoms with Crippen LogP contribution >= 0.6 is 0 Å². The number of nitrogens with one attached hydrogen (secondary N) is 2. The average molecular weight is 269 g/mol. The van der Waals surface area contributed by atoms with Crippen LogP contribution in [-0.2, 0) is 4.79 Å². The summed E-state index contributed by atoms with van der Waals surface area (Å²) in [6.45, 7) is 4.01. The summed E-state index contributed by atoms with van der Waals surface area (Å²) >= 11 is 0. The lowest BCUT2D eigenvalue weighted by Gasteiger charge is -2.26. The highest BCUT2D eigenvalue weighted by molar-refractivity contribution is 5.95. The maximum atomic E-state index is 11.8. The Bertz CT molecular complexity index is 297. The molecule has 0 aromatic rings. The number of carbonyl (C=O) groups is 2. The molecule has 0 radical (unpaired) electrons. The lowest BCUT2D eigenvalue weighted by Crippen LogP contribution is -2.47. The van der Waals surface area contributed by atoms with Gasteiger partial charge < -0.3 is 5.32 Å². The third kappa shape index (κ3) is 6.57. The third-order valence-corrected chi connectivity index (χ3v) is 3.51. The molecule has 0 unspecified atom stereocenters. The number of hydrogen-bond donors (Lipinski definition) is 2. The van der Waals surface area contributed by atoms with E-state index in [-0.39, 0.29) is 18.5 Å². The minimum absolute atomic E-state index is 0.0346. The Labute approximate surface area is 116 Å². The second-order valence-electron chi connectivity index (χ2n) is 5.74. The molecule has 2 N–H and O–H groups in total. The first-order valence-corrected chi connectivity index (χ1v) is 7.29. The summed E-state index contributed by atoms with van der Waals surface area (Å²) in [6, 6.07) is 0.100. The number of rotatable bonds is 4. The van der Waals surface area contributed by atoms with Crippen molar-refractivity contribution >= 4 is 11.9 Å². The summed E-state index contributed by atoms with van der Waals surface area (Å²) in [4.78, 5) is 25.2. The van der Waals surface area contributed by atoms with Crippen LogP contribution in [0.1, 0.15) is 52.4 Å². The Kier molecular flexibility index (Phi) is 6.84. The van der Waals surface area contributed by atoms with E-state index in [1.807, 2.05) is 20.9 Å². The van der Waals surface area contributed by atoms with Crippen LogP contribution in [-0.4, -0.2) is 42.5 Å². The molecule has 1 saturated carbocycles. The molecule has 0 aromatic heterocycles. The summed E-state index contributed by atoms with van der Waals surface area (Å²) < 4.78 is 0. The van der Waals surface area contributed by atoms with Crippen LogP contribution in [0.5, 0.6) is 0 Å². The molecule has 19 heavy (non-hydrogen) atoms. The van der Waals surface area contributed by atoms with Crippen molar-refractivity contribution in [2.45, 2.75) is 64.5 Å². The molecular formula is C14H27N3O2. The van der Waals surface area contributed by atoms with Gasteiger partial charge in [0.15, 0.2) is 0 Å². The first-order chi connectivity index (χ1) is 8.99. The summed E-state index contributed by atoms with van der Waals surface area (Å²) in [5.74, 6) is -0.232. The summed E-state index contributed by atoms with van der Waals surface area (Å²) in [7, 11) is 1.97. The van der Waals surface area contributed by atoms with Crippen molar-refractivity contribution in [3.05, 3.63) is 0 Å². The van der Waals surface area contributed by atoms with Crippen LogP contribution < -0.4 is 10.6 Å². The average Bonchev–Trinajstić information content (AvgIpc) is 2.55. The van der Waals surface area contributed by atoms with Gasteiger partial charge in [-0.25, -0.2) is 4.79 Å². The lowest BCUT2D eigenvalue weighted by atomic mass is 10.1. The zero-order valence-electron chi connectivity index (χ0n) is 12.4. The SMILES string of the molecule is CC(C)NC(=O)NC(=O)CN(C)C1CCCCCC1. The highest BCUT2D eigenvalue weighted by atomic mass is 16.2. The van der Waals surface area contributed by atoms with E-state index in [1.165, 1.54) is 25.7 Å². The molecule has 0 spiro atoms. The van der Waals surface area contributed by atoms with Gasteiger partial charge in [-0.2, -0.15) is 0 Å². The van der Waals surface area contributed by atoms with E-state index in [0.29, 0.717) is 6.04 Å². The smallest absolute Gasteiger partial charge is 0.321 e. The number of imide groups is 1. The van der Waals surface area contributed by atoms with Crippen LogP contribution in [0.2, 0.25) is 0 Å². The fraction of sp³-hybridized carbons (Fsp3) is 0.857. The van der Waals surface area contributed by atoms with Gasteiger partial charge in [0.25, 0.3) is 0 Å². The van der Waals surface area contributed by atoms with E-state index in [0.717, 1.165) is 12.8 Å². The van der Waals surface area contributed by atoms with Crippen LogP contribution in [0.3, 0.4) is 0 Å². The Morgan fingerprint density at radius 3 is 2.26 bits per heavy atom. The minimum Gasteiger partial charge on any atom is -0.336 e. The molecule has 0 heterocycles. The first-order valence-electron chi connectivity index (χ1n) is 7.29. The van der Waals surface area contributed by atoms with E-state index in [4.69, 9.17) is 0 Å². The number of likely N-dealkylation sites (N-methyl/N-ethyl adjacent to an activating group) is 1. The van der Waals surface area contributed by atoms with Gasteiger partial charge in [-0.05, 0) is 33.7 Å². The van der Waals surface area contributed by atoms with E-state index in [2.05, 4.69) is 15.5 Å². The number of amides is 3. The molecule has 0 saturated heterocycles. The van der Waals surface area contributed by atoms with Crippen molar-refractivity contribution in [1.29, 1.82) is 0 Å². The third-order valence-electron chi connectivity index (χ3n) is 3.51. The molecule has 0 atom stereocenters. The van der Waals surface area contributed by atoms with Crippen LogP contribution in [0.25, 0.3) is 0 Å². The normalized spacial score (nSPS) is 17.3. The molecule has 0 aliphatic heterocycles. The second-order valence-corrected chi connectivity index (χ2v) is 5.74. The Hall–Kier alpha value is -1.10. The van der Waals surface area contributed by atoms with Crippen LogP contribution in [0.15, 0.2) is 0 Å². The zero-order valence-corrected chi connectivity index (χ0v) is 12.4. The maximum absolute atomic E-state index is 11.8. The van der Waals surface area contributed by atoms with E-state index < -0.39 is 6.03 Å². The molecule has 5 heteroatoms. The quantitative estimate of drug-likeness (QED) is 0.766. The van der Waals surface area contributed by atoms with Gasteiger partial charge in [-0.15, -0.1) is 0 Å². The van der Waals surface area contributed by atoms with Crippen molar-refractivity contribution in [2.75, 3.05) is 13.6 Å². The molecular weight excluding hydrogens is 242 g/mol. The number of carbonyl (C=O) groups excluding carboxylic acids is 2. The molecule has 1 fully saturated rings. The molecule has 3 amide bonds. The monoisotopic (exact) mass is 269 g/mol. The van der Waals surface area contributed by atoms with Crippen molar-refractivity contribution < 1.29 is 9.59 Å². The predicted octanol–water partition coefficient (Wildman–Crippen LogP) is 1.88. The molecule has 1 rings (SSSR count). The van der Waals surface area contributed by atoms with E-state index in [9.17, 15) is 9.59 Å². The molecule has 5 nitrogen and oxygen atoms in total. The number of nitrogens with zero attached hydrogens (tertiary/aromatic N) is 1. The summed E-state index contributed by atoms with van der Waals surface area (Å²) in [5, 5.41) is 5.01. The summed E-state index contributed by atoms with van der Waals surface area (Å²) in [6.07, 6.45) is 7.39. The fourth-order valence-corrected chi connectivity index (χ4v) is 2.52. The maximum Gasteiger partial charge on any atom is 0.321 e. The number of urea groups is 1. The molecule has 110 valence electrons. The molecule has 0 aromatic carbocycles. The topological polar surface area (TPSA) is 61.4 Å². The van der Waals surface area contributed by atoms with Crippen molar-refractivity contribution in [3.63, 3.8) is 0 Å². The Morgan fingerprint density at radius 2 is 1.74 bits per heavy atom. The van der Waals surface area contributed by atoms with Crippen LogP contribution in [0.4, 0.5) is 4.79 Å². The minimum atomic E-state index is -0.408. The highest BCUT2D eigenvalue weighted by Gasteiger charge is 2.19. The Morgan fingerprint density at radius 1 is 1.16 bits per heavy atom. The van der Waals surface area contributed by atoms with Gasteiger partial charge in [0.1, 0.15) is 0 Å². The van der Waals surface area contributed by atoms with E-state index >= 15 is 0 Å². The largest absolute Gasteiger partial charge is 0.336 e. The highest BCUT2D eigenvalue weighted by Crippen LogP contribution is 2.20. The molecule has 1 aliphatic rings. The number of hydrogen-bond acceptors (Lipinski definition) is 3. The van der Waals surface area contributed by atoms with Gasteiger partial charge in [0.05, 0.1) is 6.54 Å². The molecule has 1 aliphatic carbocycles. The predicted molar refractivity (Wildman–Crippen MR) is 75.9 cm³/mol. The zero-order chi connectivity index (χ0) is 14.3. The standard InChI is InChI=1S/C14H27N3O2/c1-11(2)15-14(19)16-13(18)10-17(3)12-8-6-4-5-7-9-12/h11-12H,4-10H2,1-3H3,(H2,15,16,18,19). The second kappa shape index (κ2) is 8.15. The van der Waals surface area contributed by atoms with Crippen molar-refractivity contribution in [3.8, 4) is 0 Å².